The number of nitrogens with two attached hydrogens (primary N) is 1. The van der Waals surface area contributed by atoms with Gasteiger partial charge in [-0.2, -0.15) is 0 Å². The predicted molar refractivity (Wildman–Crippen MR) is 120 cm³/mol. The number of fused-ring (bicyclic) bond motifs is 1. The highest BCUT2D eigenvalue weighted by Crippen LogP contribution is 2.21. The first-order valence-corrected chi connectivity index (χ1v) is 10.9. The van der Waals surface area contributed by atoms with Crippen molar-refractivity contribution in [1.82, 2.24) is 9.55 Å². The molecule has 9 heteroatoms. The second kappa shape index (κ2) is 10.2. The standard InChI is InChI=1S/C22H23FN4O3S/c1-2-12-27-21(30)17-5-3-4-6-18(17)25-22(27)31-14-20(29)26(13-11-19(24)28)16-9-7-15(23)8-10-16/h3-10H,2,11-14H2,1H3,(H2,24,28). The molecule has 0 fully saturated rings. The first-order valence-electron chi connectivity index (χ1n) is 9.87. The van der Waals surface area contributed by atoms with Gasteiger partial charge < -0.3 is 10.6 Å². The second-order valence-electron chi connectivity index (χ2n) is 6.90. The molecule has 7 nitrogen and oxygen atoms in total. The molecule has 2 aromatic carbocycles. The number of primary amides is 1. The van der Waals surface area contributed by atoms with Crippen molar-refractivity contribution in [2.24, 2.45) is 5.73 Å². The number of hydrogen-bond donors (Lipinski definition) is 1. The maximum atomic E-state index is 13.3. The number of nitrogens with zero attached hydrogens (tertiary/aromatic N) is 3. The van der Waals surface area contributed by atoms with Gasteiger partial charge in [-0.1, -0.05) is 30.8 Å². The van der Waals surface area contributed by atoms with Crippen molar-refractivity contribution in [2.75, 3.05) is 17.2 Å². The van der Waals surface area contributed by atoms with E-state index in [1.54, 1.807) is 28.8 Å². The molecule has 0 unspecified atom stereocenters. The molecule has 0 saturated carbocycles. The van der Waals surface area contributed by atoms with E-state index in [1.807, 2.05) is 6.92 Å². The van der Waals surface area contributed by atoms with Crippen LogP contribution in [0.1, 0.15) is 19.8 Å². The summed E-state index contributed by atoms with van der Waals surface area (Å²) in [5.41, 5.74) is 6.13. The van der Waals surface area contributed by atoms with Crippen LogP contribution in [0.5, 0.6) is 0 Å². The topological polar surface area (TPSA) is 98.3 Å². The number of hydrogen-bond acceptors (Lipinski definition) is 5. The van der Waals surface area contributed by atoms with Crippen LogP contribution in [0.15, 0.2) is 58.5 Å². The van der Waals surface area contributed by atoms with E-state index in [-0.39, 0.29) is 30.2 Å². The molecular formula is C22H23FN4O3S. The van der Waals surface area contributed by atoms with Crippen LogP contribution in [0.25, 0.3) is 10.9 Å². The maximum absolute atomic E-state index is 13.3. The Balaban J connectivity index is 1.86. The van der Waals surface area contributed by atoms with E-state index in [0.717, 1.165) is 18.2 Å². The zero-order valence-corrected chi connectivity index (χ0v) is 17.9. The average molecular weight is 443 g/mol. The molecule has 3 aromatic rings. The molecule has 0 atom stereocenters. The number of rotatable bonds is 9. The molecule has 1 aromatic heterocycles. The van der Waals surface area contributed by atoms with Crippen LogP contribution in [0.4, 0.5) is 10.1 Å². The van der Waals surface area contributed by atoms with E-state index in [2.05, 4.69) is 4.98 Å². The van der Waals surface area contributed by atoms with Crippen molar-refractivity contribution >= 4 is 40.2 Å². The molecule has 31 heavy (non-hydrogen) atoms. The van der Waals surface area contributed by atoms with Crippen molar-refractivity contribution in [1.29, 1.82) is 0 Å². The summed E-state index contributed by atoms with van der Waals surface area (Å²) in [6, 6.07) is 12.5. The van der Waals surface area contributed by atoms with Crippen molar-refractivity contribution in [3.05, 3.63) is 64.7 Å². The summed E-state index contributed by atoms with van der Waals surface area (Å²) in [5.74, 6) is -1.28. The SMILES string of the molecule is CCCn1c(SCC(=O)N(CCC(N)=O)c2ccc(F)cc2)nc2ccccc2c1=O. The van der Waals surface area contributed by atoms with Gasteiger partial charge in [-0.3, -0.25) is 19.0 Å². The van der Waals surface area contributed by atoms with Gasteiger partial charge in [-0.05, 0) is 42.8 Å². The minimum atomic E-state index is -0.541. The quantitative estimate of drug-likeness (QED) is 0.406. The van der Waals surface area contributed by atoms with Crippen molar-refractivity contribution in [3.8, 4) is 0 Å². The molecule has 3 rings (SSSR count). The van der Waals surface area contributed by atoms with Crippen LogP contribution in [0.3, 0.4) is 0 Å². The van der Waals surface area contributed by atoms with Crippen molar-refractivity contribution in [3.63, 3.8) is 0 Å². The summed E-state index contributed by atoms with van der Waals surface area (Å²) >= 11 is 1.15. The lowest BCUT2D eigenvalue weighted by atomic mass is 10.2. The molecule has 0 aliphatic rings. The summed E-state index contributed by atoms with van der Waals surface area (Å²) in [6.07, 6.45) is 0.713. The zero-order chi connectivity index (χ0) is 22.4. The molecule has 0 spiro atoms. The molecule has 0 aliphatic carbocycles. The number of aromatic nitrogens is 2. The molecule has 2 N–H and O–H groups in total. The summed E-state index contributed by atoms with van der Waals surface area (Å²) in [6.45, 7) is 2.52. The van der Waals surface area contributed by atoms with Crippen LogP contribution in [0, 0.1) is 5.82 Å². The predicted octanol–water partition coefficient (Wildman–Crippen LogP) is 2.95. The van der Waals surface area contributed by atoms with Crippen molar-refractivity contribution < 1.29 is 14.0 Å². The lowest BCUT2D eigenvalue weighted by Crippen LogP contribution is -2.35. The zero-order valence-electron chi connectivity index (χ0n) is 17.1. The monoisotopic (exact) mass is 442 g/mol. The van der Waals surface area contributed by atoms with Gasteiger partial charge in [-0.25, -0.2) is 9.37 Å². The molecule has 2 amide bonds. The number of para-hydroxylation sites is 1. The highest BCUT2D eigenvalue weighted by molar-refractivity contribution is 7.99. The third-order valence-corrected chi connectivity index (χ3v) is 5.58. The highest BCUT2D eigenvalue weighted by Gasteiger charge is 2.19. The van der Waals surface area contributed by atoms with E-state index in [0.29, 0.717) is 28.3 Å². The number of carbonyl (C=O) groups excluding carboxylic acids is 2. The van der Waals surface area contributed by atoms with Crippen LogP contribution < -0.4 is 16.2 Å². The second-order valence-corrected chi connectivity index (χ2v) is 7.84. The molecule has 0 aliphatic heterocycles. The normalized spacial score (nSPS) is 10.9. The number of benzene rings is 2. The lowest BCUT2D eigenvalue weighted by Gasteiger charge is -2.22. The fraction of sp³-hybridized carbons (Fsp3) is 0.273. The fourth-order valence-electron chi connectivity index (χ4n) is 3.12. The van der Waals surface area contributed by atoms with Crippen LogP contribution in [-0.4, -0.2) is 33.7 Å². The number of thioether (sulfide) groups is 1. The van der Waals surface area contributed by atoms with Gasteiger partial charge >= 0.3 is 0 Å². The summed E-state index contributed by atoms with van der Waals surface area (Å²) < 4.78 is 14.9. The van der Waals surface area contributed by atoms with E-state index < -0.39 is 11.7 Å². The fourth-order valence-corrected chi connectivity index (χ4v) is 4.03. The minimum absolute atomic E-state index is 0.00929. The smallest absolute Gasteiger partial charge is 0.262 e. The summed E-state index contributed by atoms with van der Waals surface area (Å²) in [5, 5.41) is 0.980. The third kappa shape index (κ3) is 5.49. The Kier molecular flexibility index (Phi) is 7.41. The van der Waals surface area contributed by atoms with Gasteiger partial charge in [0.15, 0.2) is 5.16 Å². The molecule has 0 saturated heterocycles. The van der Waals surface area contributed by atoms with Gasteiger partial charge in [0.25, 0.3) is 5.56 Å². The number of carbonyl (C=O) groups is 2. The maximum Gasteiger partial charge on any atom is 0.262 e. The van der Waals surface area contributed by atoms with Gasteiger partial charge in [0, 0.05) is 25.2 Å². The Morgan fingerprint density at radius 1 is 1.16 bits per heavy atom. The number of anilines is 1. The number of halogens is 1. The molecule has 0 bridgehead atoms. The van der Waals surface area contributed by atoms with E-state index in [1.165, 1.54) is 29.2 Å². The third-order valence-electron chi connectivity index (χ3n) is 4.62. The van der Waals surface area contributed by atoms with Gasteiger partial charge in [0.2, 0.25) is 11.8 Å². The summed E-state index contributed by atoms with van der Waals surface area (Å²) in [7, 11) is 0. The van der Waals surface area contributed by atoms with E-state index >= 15 is 0 Å². The molecule has 0 radical (unpaired) electrons. The summed E-state index contributed by atoms with van der Waals surface area (Å²) in [4.78, 5) is 43.1. The van der Waals surface area contributed by atoms with E-state index in [9.17, 15) is 18.8 Å². The minimum Gasteiger partial charge on any atom is -0.370 e. The van der Waals surface area contributed by atoms with Gasteiger partial charge in [0.05, 0.1) is 16.7 Å². The van der Waals surface area contributed by atoms with Crippen LogP contribution >= 0.6 is 11.8 Å². The van der Waals surface area contributed by atoms with Crippen molar-refractivity contribution in [2.45, 2.75) is 31.5 Å². The van der Waals surface area contributed by atoms with Gasteiger partial charge in [-0.15, -0.1) is 0 Å². The average Bonchev–Trinajstić information content (AvgIpc) is 2.75. The lowest BCUT2D eigenvalue weighted by molar-refractivity contribution is -0.118. The Morgan fingerprint density at radius 3 is 2.55 bits per heavy atom. The highest BCUT2D eigenvalue weighted by atomic mass is 32.2. The Morgan fingerprint density at radius 2 is 1.87 bits per heavy atom. The largest absolute Gasteiger partial charge is 0.370 e. The van der Waals surface area contributed by atoms with E-state index in [4.69, 9.17) is 5.73 Å². The van der Waals surface area contributed by atoms with Gasteiger partial charge in [0.1, 0.15) is 5.82 Å². The Hall–Kier alpha value is -3.20. The van der Waals surface area contributed by atoms with Crippen LogP contribution in [-0.2, 0) is 16.1 Å². The Bertz CT molecular complexity index is 1150. The molecule has 162 valence electrons. The Labute approximate surface area is 183 Å². The molecular weight excluding hydrogens is 419 g/mol. The molecule has 1 heterocycles. The first-order chi connectivity index (χ1) is 14.9. The first kappa shape index (κ1) is 22.5. The van der Waals surface area contributed by atoms with Crippen LogP contribution in [0.2, 0.25) is 0 Å². The number of amides is 2.